The van der Waals surface area contributed by atoms with Crippen molar-refractivity contribution >= 4 is 11.7 Å². The average Bonchev–Trinajstić information content (AvgIpc) is 2.36. The van der Waals surface area contributed by atoms with Crippen molar-refractivity contribution < 1.29 is 22.8 Å². The number of hydrogen-bond acceptors (Lipinski definition) is 3. The molecule has 0 bridgehead atoms. The summed E-state index contributed by atoms with van der Waals surface area (Å²) in [6, 6.07) is 5.70. The first-order valence-electron chi connectivity index (χ1n) is 6.33. The highest BCUT2D eigenvalue weighted by molar-refractivity contribution is 5.89. The molecule has 1 aromatic carbocycles. The SMILES string of the molecule is CC(C)(C)c1cc(C#N)ccc1NC(=O)NOCC(F)(F)F. The second kappa shape index (κ2) is 6.66. The van der Waals surface area contributed by atoms with E-state index in [1.54, 1.807) is 11.5 Å². The molecule has 0 saturated heterocycles. The van der Waals surface area contributed by atoms with Crippen LogP contribution in [0, 0.1) is 11.3 Å². The summed E-state index contributed by atoms with van der Waals surface area (Å²) in [5.74, 6) is 0. The van der Waals surface area contributed by atoms with E-state index in [0.717, 1.165) is 0 Å². The fraction of sp³-hybridized carbons (Fsp3) is 0.429. The molecule has 0 aliphatic rings. The Morgan fingerprint density at radius 1 is 1.32 bits per heavy atom. The van der Waals surface area contributed by atoms with Gasteiger partial charge in [0.2, 0.25) is 0 Å². The number of urea groups is 1. The molecule has 0 saturated carbocycles. The molecular weight excluding hydrogens is 299 g/mol. The first-order valence-corrected chi connectivity index (χ1v) is 6.33. The summed E-state index contributed by atoms with van der Waals surface area (Å²) in [7, 11) is 0. The Bertz CT molecular complexity index is 586. The van der Waals surface area contributed by atoms with Gasteiger partial charge in [-0.25, -0.2) is 10.3 Å². The minimum absolute atomic E-state index is 0.373. The molecule has 2 N–H and O–H groups in total. The van der Waals surface area contributed by atoms with Crippen molar-refractivity contribution in [3.05, 3.63) is 29.3 Å². The Hall–Kier alpha value is -2.27. The highest BCUT2D eigenvalue weighted by Crippen LogP contribution is 2.30. The lowest BCUT2D eigenvalue weighted by molar-refractivity contribution is -0.183. The summed E-state index contributed by atoms with van der Waals surface area (Å²) in [5, 5.41) is 11.3. The first-order chi connectivity index (χ1) is 10.0. The molecule has 0 aliphatic heterocycles. The number of rotatable bonds is 3. The lowest BCUT2D eigenvalue weighted by Crippen LogP contribution is -2.33. The van der Waals surface area contributed by atoms with Crippen molar-refractivity contribution in [2.75, 3.05) is 11.9 Å². The standard InChI is InChI=1S/C14H16F3N3O2/c1-13(2,3)10-6-9(7-18)4-5-11(10)19-12(21)20-22-8-14(15,16)17/h4-6H,8H2,1-3H3,(H2,19,20,21). The van der Waals surface area contributed by atoms with Crippen molar-refractivity contribution in [3.63, 3.8) is 0 Å². The van der Waals surface area contributed by atoms with Crippen LogP contribution in [0.4, 0.5) is 23.7 Å². The number of carbonyl (C=O) groups excluding carboxylic acids is 1. The molecule has 22 heavy (non-hydrogen) atoms. The number of amides is 2. The van der Waals surface area contributed by atoms with Crippen molar-refractivity contribution in [2.24, 2.45) is 0 Å². The van der Waals surface area contributed by atoms with Crippen LogP contribution in [0.15, 0.2) is 18.2 Å². The smallest absolute Gasteiger partial charge is 0.306 e. The lowest BCUT2D eigenvalue weighted by atomic mass is 9.85. The Kier molecular flexibility index (Phi) is 5.38. The van der Waals surface area contributed by atoms with Crippen molar-refractivity contribution in [1.82, 2.24) is 5.48 Å². The van der Waals surface area contributed by atoms with E-state index >= 15 is 0 Å². The molecular formula is C14H16F3N3O2. The summed E-state index contributed by atoms with van der Waals surface area (Å²) < 4.78 is 35.7. The van der Waals surface area contributed by atoms with Crippen LogP contribution < -0.4 is 10.8 Å². The maximum atomic E-state index is 11.9. The van der Waals surface area contributed by atoms with Gasteiger partial charge in [-0.05, 0) is 29.2 Å². The van der Waals surface area contributed by atoms with Gasteiger partial charge in [0.1, 0.15) is 0 Å². The Balaban J connectivity index is 2.81. The molecule has 1 rings (SSSR count). The molecule has 0 fully saturated rings. The van der Waals surface area contributed by atoms with Gasteiger partial charge in [-0.15, -0.1) is 0 Å². The predicted octanol–water partition coefficient (Wildman–Crippen LogP) is 3.47. The van der Waals surface area contributed by atoms with E-state index in [9.17, 15) is 18.0 Å². The number of benzene rings is 1. The number of anilines is 1. The highest BCUT2D eigenvalue weighted by Gasteiger charge is 2.28. The zero-order valence-electron chi connectivity index (χ0n) is 12.3. The number of hydroxylamine groups is 1. The summed E-state index contributed by atoms with van der Waals surface area (Å²) in [5.41, 5.74) is 2.77. The van der Waals surface area contributed by atoms with Crippen molar-refractivity contribution in [3.8, 4) is 6.07 Å². The van der Waals surface area contributed by atoms with E-state index in [0.29, 0.717) is 16.8 Å². The zero-order valence-corrected chi connectivity index (χ0v) is 12.3. The van der Waals surface area contributed by atoms with Gasteiger partial charge >= 0.3 is 12.2 Å². The number of nitrogens with zero attached hydrogens (tertiary/aromatic N) is 1. The van der Waals surface area contributed by atoms with Gasteiger partial charge < -0.3 is 5.32 Å². The summed E-state index contributed by atoms with van der Waals surface area (Å²) in [6.07, 6.45) is -4.53. The van der Waals surface area contributed by atoms with Gasteiger partial charge in [0.25, 0.3) is 0 Å². The van der Waals surface area contributed by atoms with Crippen molar-refractivity contribution in [1.29, 1.82) is 5.26 Å². The summed E-state index contributed by atoms with van der Waals surface area (Å²) in [4.78, 5) is 15.6. The van der Waals surface area contributed by atoms with Crippen LogP contribution >= 0.6 is 0 Å². The van der Waals surface area contributed by atoms with E-state index in [2.05, 4.69) is 10.2 Å². The maximum absolute atomic E-state index is 11.9. The number of carbonyl (C=O) groups is 1. The molecule has 0 spiro atoms. The van der Waals surface area contributed by atoms with Gasteiger partial charge in [0, 0.05) is 5.69 Å². The molecule has 8 heteroatoms. The van der Waals surface area contributed by atoms with Gasteiger partial charge in [-0.3, -0.25) is 4.84 Å². The van der Waals surface area contributed by atoms with E-state index in [4.69, 9.17) is 5.26 Å². The van der Waals surface area contributed by atoms with Crippen LogP contribution in [0.3, 0.4) is 0 Å². The molecule has 0 aliphatic carbocycles. The fourth-order valence-electron chi connectivity index (χ4n) is 1.67. The van der Waals surface area contributed by atoms with E-state index in [1.807, 2.05) is 26.8 Å². The molecule has 0 atom stereocenters. The average molecular weight is 315 g/mol. The lowest BCUT2D eigenvalue weighted by Gasteiger charge is -2.23. The quantitative estimate of drug-likeness (QED) is 0.839. The number of nitrogens with one attached hydrogen (secondary N) is 2. The predicted molar refractivity (Wildman–Crippen MR) is 74.0 cm³/mol. The Morgan fingerprint density at radius 2 is 1.95 bits per heavy atom. The molecule has 5 nitrogen and oxygen atoms in total. The zero-order chi connectivity index (χ0) is 17.0. The van der Waals surface area contributed by atoms with Crippen LogP contribution in [0.2, 0.25) is 0 Å². The number of hydrogen-bond donors (Lipinski definition) is 2. The molecule has 0 unspecified atom stereocenters. The third-order valence-corrected chi connectivity index (χ3v) is 2.61. The van der Waals surface area contributed by atoms with Crippen LogP contribution in [0.1, 0.15) is 31.9 Å². The third-order valence-electron chi connectivity index (χ3n) is 2.61. The van der Waals surface area contributed by atoms with E-state index < -0.39 is 18.8 Å². The molecule has 1 aromatic rings. The first kappa shape index (κ1) is 17.8. The largest absolute Gasteiger partial charge is 0.414 e. The van der Waals surface area contributed by atoms with Crippen LogP contribution in [-0.4, -0.2) is 18.8 Å². The topological polar surface area (TPSA) is 74.2 Å². The highest BCUT2D eigenvalue weighted by atomic mass is 19.4. The normalized spacial score (nSPS) is 11.7. The number of alkyl halides is 3. The molecule has 0 heterocycles. The fourth-order valence-corrected chi connectivity index (χ4v) is 1.67. The van der Waals surface area contributed by atoms with E-state index in [1.165, 1.54) is 12.1 Å². The Morgan fingerprint density at radius 3 is 2.45 bits per heavy atom. The number of halogens is 3. The minimum atomic E-state index is -4.53. The molecule has 0 aromatic heterocycles. The van der Waals surface area contributed by atoms with Crippen molar-refractivity contribution in [2.45, 2.75) is 32.4 Å². The maximum Gasteiger partial charge on any atom is 0.414 e. The monoisotopic (exact) mass is 315 g/mol. The van der Waals surface area contributed by atoms with Gasteiger partial charge in [0.15, 0.2) is 6.61 Å². The van der Waals surface area contributed by atoms with Crippen LogP contribution in [-0.2, 0) is 10.3 Å². The van der Waals surface area contributed by atoms with Crippen LogP contribution in [0.5, 0.6) is 0 Å². The van der Waals surface area contributed by atoms with E-state index in [-0.39, 0.29) is 5.41 Å². The summed E-state index contributed by atoms with van der Waals surface area (Å²) >= 11 is 0. The van der Waals surface area contributed by atoms with Crippen LogP contribution in [0.25, 0.3) is 0 Å². The van der Waals surface area contributed by atoms with Gasteiger partial charge in [0.05, 0.1) is 11.6 Å². The van der Waals surface area contributed by atoms with Gasteiger partial charge in [-0.2, -0.15) is 18.4 Å². The number of nitriles is 1. The minimum Gasteiger partial charge on any atom is -0.306 e. The Labute approximate surface area is 126 Å². The van der Waals surface area contributed by atoms with Gasteiger partial charge in [-0.1, -0.05) is 20.8 Å². The molecule has 120 valence electrons. The summed E-state index contributed by atoms with van der Waals surface area (Å²) in [6.45, 7) is 4.06. The molecule has 0 radical (unpaired) electrons. The second-order valence-electron chi connectivity index (χ2n) is 5.58. The molecule has 2 amide bonds. The second-order valence-corrected chi connectivity index (χ2v) is 5.58. The third kappa shape index (κ3) is 5.61.